The molecule has 0 aliphatic rings. The summed E-state index contributed by atoms with van der Waals surface area (Å²) in [6.45, 7) is 6.22. The van der Waals surface area contributed by atoms with Crippen molar-refractivity contribution in [2.75, 3.05) is 6.61 Å². The van der Waals surface area contributed by atoms with Gasteiger partial charge in [-0.1, -0.05) is 23.8 Å². The Bertz CT molecular complexity index is 241. The van der Waals surface area contributed by atoms with Crippen LogP contribution in [0.3, 0.4) is 0 Å². The molecule has 0 atom stereocenters. The second kappa shape index (κ2) is 5.01. The van der Waals surface area contributed by atoms with Gasteiger partial charge in [-0.25, -0.2) is 0 Å². The summed E-state index contributed by atoms with van der Waals surface area (Å²) in [6, 6.07) is 8.23. The molecular formula is C10H12OS. The standard InChI is InChI=1S/C10H12OS/c1-3-8-11-12-10-6-4-9(2)5-7-10/h3-7H,1,8H2,2H3. The Hall–Kier alpha value is -0.730. The first-order valence-electron chi connectivity index (χ1n) is 3.80. The van der Waals surface area contributed by atoms with E-state index >= 15 is 0 Å². The molecule has 0 spiro atoms. The average Bonchev–Trinajstić information content (AvgIpc) is 2.09. The van der Waals surface area contributed by atoms with E-state index in [0.29, 0.717) is 6.61 Å². The third-order valence-corrected chi connectivity index (χ3v) is 2.08. The number of aryl methyl sites for hydroxylation is 1. The van der Waals surface area contributed by atoms with Gasteiger partial charge in [-0.05, 0) is 19.1 Å². The number of rotatable bonds is 4. The lowest BCUT2D eigenvalue weighted by Crippen LogP contribution is -1.79. The number of hydrogen-bond acceptors (Lipinski definition) is 2. The van der Waals surface area contributed by atoms with Crippen LogP contribution < -0.4 is 0 Å². The van der Waals surface area contributed by atoms with E-state index in [4.69, 9.17) is 4.18 Å². The smallest absolute Gasteiger partial charge is 0.0797 e. The number of benzene rings is 1. The van der Waals surface area contributed by atoms with Gasteiger partial charge < -0.3 is 4.18 Å². The SMILES string of the molecule is C=CCOSc1ccc(C)cc1. The van der Waals surface area contributed by atoms with Crippen molar-refractivity contribution in [3.63, 3.8) is 0 Å². The Morgan fingerprint density at radius 3 is 2.67 bits per heavy atom. The van der Waals surface area contributed by atoms with Crippen LogP contribution in [-0.2, 0) is 4.18 Å². The van der Waals surface area contributed by atoms with E-state index in [1.54, 1.807) is 6.08 Å². The Labute approximate surface area is 77.6 Å². The zero-order valence-electron chi connectivity index (χ0n) is 7.12. The zero-order chi connectivity index (χ0) is 8.81. The van der Waals surface area contributed by atoms with Gasteiger partial charge in [0.1, 0.15) is 0 Å². The van der Waals surface area contributed by atoms with Crippen LogP contribution in [0.2, 0.25) is 0 Å². The summed E-state index contributed by atoms with van der Waals surface area (Å²) in [5.74, 6) is 0. The van der Waals surface area contributed by atoms with Gasteiger partial charge in [-0.15, -0.1) is 6.58 Å². The summed E-state index contributed by atoms with van der Waals surface area (Å²) in [7, 11) is 0. The van der Waals surface area contributed by atoms with Crippen LogP contribution in [0.1, 0.15) is 5.56 Å². The minimum Gasteiger partial charge on any atom is -0.306 e. The molecule has 0 radical (unpaired) electrons. The molecule has 64 valence electrons. The second-order valence-corrected chi connectivity index (χ2v) is 3.34. The molecule has 0 aliphatic carbocycles. The fourth-order valence-electron chi connectivity index (χ4n) is 0.744. The van der Waals surface area contributed by atoms with E-state index in [1.165, 1.54) is 17.6 Å². The molecule has 0 aromatic heterocycles. The molecule has 1 aromatic rings. The Kier molecular flexibility index (Phi) is 3.91. The first-order chi connectivity index (χ1) is 5.83. The van der Waals surface area contributed by atoms with E-state index in [-0.39, 0.29) is 0 Å². The highest BCUT2D eigenvalue weighted by Gasteiger charge is 1.91. The van der Waals surface area contributed by atoms with Crippen LogP contribution in [-0.4, -0.2) is 6.61 Å². The van der Waals surface area contributed by atoms with E-state index in [0.717, 1.165) is 4.90 Å². The van der Waals surface area contributed by atoms with Crippen molar-refractivity contribution in [2.24, 2.45) is 0 Å². The van der Waals surface area contributed by atoms with Crippen LogP contribution in [0.15, 0.2) is 41.8 Å². The highest BCUT2D eigenvalue weighted by molar-refractivity contribution is 7.94. The Morgan fingerprint density at radius 2 is 2.08 bits per heavy atom. The lowest BCUT2D eigenvalue weighted by Gasteiger charge is -1.99. The van der Waals surface area contributed by atoms with Gasteiger partial charge >= 0.3 is 0 Å². The molecule has 0 saturated carbocycles. The summed E-state index contributed by atoms with van der Waals surface area (Å²) in [6.07, 6.45) is 1.74. The van der Waals surface area contributed by atoms with Gasteiger partial charge in [0.2, 0.25) is 0 Å². The van der Waals surface area contributed by atoms with Crippen molar-refractivity contribution >= 4 is 12.0 Å². The lowest BCUT2D eigenvalue weighted by molar-refractivity contribution is 0.429. The molecule has 0 fully saturated rings. The Morgan fingerprint density at radius 1 is 1.42 bits per heavy atom. The van der Waals surface area contributed by atoms with Crippen LogP contribution in [0.5, 0.6) is 0 Å². The third-order valence-electron chi connectivity index (χ3n) is 1.36. The molecule has 12 heavy (non-hydrogen) atoms. The van der Waals surface area contributed by atoms with Crippen molar-refractivity contribution in [3.8, 4) is 0 Å². The van der Waals surface area contributed by atoms with E-state index in [9.17, 15) is 0 Å². The molecule has 0 bridgehead atoms. The molecule has 1 aromatic carbocycles. The molecule has 0 amide bonds. The average molecular weight is 180 g/mol. The summed E-state index contributed by atoms with van der Waals surface area (Å²) >= 11 is 1.38. The van der Waals surface area contributed by atoms with Gasteiger partial charge in [0.25, 0.3) is 0 Å². The van der Waals surface area contributed by atoms with Crippen LogP contribution in [0.4, 0.5) is 0 Å². The molecule has 1 nitrogen and oxygen atoms in total. The number of hydrogen-bond donors (Lipinski definition) is 0. The predicted octanol–water partition coefficient (Wildman–Crippen LogP) is 3.20. The molecular weight excluding hydrogens is 168 g/mol. The van der Waals surface area contributed by atoms with E-state index < -0.39 is 0 Å². The quantitative estimate of drug-likeness (QED) is 0.400. The van der Waals surface area contributed by atoms with Gasteiger partial charge in [-0.2, -0.15) is 0 Å². The minimum absolute atomic E-state index is 0.582. The summed E-state index contributed by atoms with van der Waals surface area (Å²) in [5, 5.41) is 0. The van der Waals surface area contributed by atoms with E-state index in [1.807, 2.05) is 12.1 Å². The molecule has 0 unspecified atom stereocenters. The van der Waals surface area contributed by atoms with Crippen molar-refractivity contribution in [3.05, 3.63) is 42.5 Å². The first kappa shape index (κ1) is 9.36. The zero-order valence-corrected chi connectivity index (χ0v) is 7.93. The predicted molar refractivity (Wildman–Crippen MR) is 53.2 cm³/mol. The van der Waals surface area contributed by atoms with Crippen molar-refractivity contribution in [1.82, 2.24) is 0 Å². The summed E-state index contributed by atoms with van der Waals surface area (Å²) < 4.78 is 5.21. The minimum atomic E-state index is 0.582. The maximum atomic E-state index is 5.21. The highest BCUT2D eigenvalue weighted by atomic mass is 32.2. The Balaban J connectivity index is 2.42. The van der Waals surface area contributed by atoms with Crippen molar-refractivity contribution in [1.29, 1.82) is 0 Å². The maximum Gasteiger partial charge on any atom is 0.0797 e. The monoisotopic (exact) mass is 180 g/mol. The third kappa shape index (κ3) is 3.11. The lowest BCUT2D eigenvalue weighted by atomic mass is 10.2. The van der Waals surface area contributed by atoms with Crippen LogP contribution in [0.25, 0.3) is 0 Å². The fraction of sp³-hybridized carbons (Fsp3) is 0.200. The summed E-state index contributed by atoms with van der Waals surface area (Å²) in [5.41, 5.74) is 1.27. The largest absolute Gasteiger partial charge is 0.306 e. The van der Waals surface area contributed by atoms with E-state index in [2.05, 4.69) is 25.6 Å². The van der Waals surface area contributed by atoms with Crippen molar-refractivity contribution < 1.29 is 4.18 Å². The normalized spacial score (nSPS) is 9.75. The first-order valence-corrected chi connectivity index (χ1v) is 4.54. The second-order valence-electron chi connectivity index (χ2n) is 2.47. The fourth-order valence-corrected chi connectivity index (χ4v) is 1.29. The maximum absolute atomic E-state index is 5.21. The van der Waals surface area contributed by atoms with Gasteiger partial charge in [-0.3, -0.25) is 0 Å². The van der Waals surface area contributed by atoms with Gasteiger partial charge in [0.15, 0.2) is 0 Å². The van der Waals surface area contributed by atoms with Crippen molar-refractivity contribution in [2.45, 2.75) is 11.8 Å². The highest BCUT2D eigenvalue weighted by Crippen LogP contribution is 2.18. The molecule has 2 heteroatoms. The molecule has 0 N–H and O–H groups in total. The topological polar surface area (TPSA) is 9.23 Å². The van der Waals surface area contributed by atoms with Gasteiger partial charge in [0.05, 0.1) is 6.61 Å². The summed E-state index contributed by atoms with van der Waals surface area (Å²) in [4.78, 5) is 1.13. The molecule has 1 rings (SSSR count). The van der Waals surface area contributed by atoms with Crippen LogP contribution >= 0.6 is 12.0 Å². The molecule has 0 heterocycles. The van der Waals surface area contributed by atoms with Gasteiger partial charge in [0, 0.05) is 16.9 Å². The molecule has 0 aliphatic heterocycles. The van der Waals surface area contributed by atoms with Crippen LogP contribution in [0, 0.1) is 6.92 Å². The molecule has 0 saturated heterocycles.